The Labute approximate surface area is 172 Å². The number of thiazole rings is 1. The van der Waals surface area contributed by atoms with Crippen LogP contribution in [0.5, 0.6) is 0 Å². The number of hydrogen-bond acceptors (Lipinski definition) is 4. The SMILES string of the molecule is CCSc1ccc(C(=O)N=c2sc3c(C)cc(C)cc3n2CCSC)cc1. The summed E-state index contributed by atoms with van der Waals surface area (Å²) in [6.07, 6.45) is 2.10. The van der Waals surface area contributed by atoms with Gasteiger partial charge in [0.25, 0.3) is 5.91 Å². The topological polar surface area (TPSA) is 34.4 Å². The Morgan fingerprint density at radius 1 is 1.19 bits per heavy atom. The van der Waals surface area contributed by atoms with E-state index >= 15 is 0 Å². The molecule has 3 aromatic rings. The van der Waals surface area contributed by atoms with E-state index in [1.807, 2.05) is 24.3 Å². The molecule has 0 aliphatic heterocycles. The van der Waals surface area contributed by atoms with E-state index in [0.29, 0.717) is 5.56 Å². The van der Waals surface area contributed by atoms with Crippen LogP contribution in [0.25, 0.3) is 10.2 Å². The summed E-state index contributed by atoms with van der Waals surface area (Å²) in [4.78, 5) is 19.2. The lowest BCUT2D eigenvalue weighted by molar-refractivity contribution is 0.0998. The predicted octanol–water partition coefficient (Wildman–Crippen LogP) is 5.54. The molecule has 1 amide bonds. The predicted molar refractivity (Wildman–Crippen MR) is 120 cm³/mol. The van der Waals surface area contributed by atoms with Crippen LogP contribution in [0.15, 0.2) is 46.3 Å². The van der Waals surface area contributed by atoms with Gasteiger partial charge in [0.1, 0.15) is 0 Å². The average molecular weight is 417 g/mol. The molecule has 0 saturated carbocycles. The van der Waals surface area contributed by atoms with Crippen molar-refractivity contribution in [1.82, 2.24) is 4.57 Å². The first-order valence-electron chi connectivity index (χ1n) is 8.95. The molecule has 27 heavy (non-hydrogen) atoms. The number of aryl methyl sites for hydroxylation is 3. The fourth-order valence-corrected chi connectivity index (χ4v) is 5.14. The van der Waals surface area contributed by atoms with Crippen molar-refractivity contribution in [1.29, 1.82) is 0 Å². The molecule has 0 spiro atoms. The third-order valence-corrected chi connectivity index (χ3v) is 6.96. The van der Waals surface area contributed by atoms with Crippen molar-refractivity contribution in [2.45, 2.75) is 32.2 Å². The molecule has 0 radical (unpaired) electrons. The Morgan fingerprint density at radius 2 is 1.93 bits per heavy atom. The maximum atomic E-state index is 12.8. The Morgan fingerprint density at radius 3 is 2.59 bits per heavy atom. The van der Waals surface area contributed by atoms with E-state index in [-0.39, 0.29) is 5.91 Å². The van der Waals surface area contributed by atoms with Crippen molar-refractivity contribution in [3.05, 3.63) is 57.9 Å². The van der Waals surface area contributed by atoms with E-state index in [1.165, 1.54) is 26.2 Å². The summed E-state index contributed by atoms with van der Waals surface area (Å²) in [7, 11) is 0. The van der Waals surface area contributed by atoms with Gasteiger partial charge >= 0.3 is 0 Å². The number of thioether (sulfide) groups is 2. The van der Waals surface area contributed by atoms with Crippen molar-refractivity contribution in [3.63, 3.8) is 0 Å². The number of hydrogen-bond donors (Lipinski definition) is 0. The molecule has 142 valence electrons. The number of fused-ring (bicyclic) bond motifs is 1. The van der Waals surface area contributed by atoms with Gasteiger partial charge in [-0.25, -0.2) is 0 Å². The second-order valence-electron chi connectivity index (χ2n) is 6.33. The third-order valence-electron chi connectivity index (χ3n) is 4.24. The average Bonchev–Trinajstić information content (AvgIpc) is 2.98. The van der Waals surface area contributed by atoms with Gasteiger partial charge in [-0.1, -0.05) is 24.3 Å². The van der Waals surface area contributed by atoms with E-state index in [0.717, 1.165) is 22.9 Å². The Kier molecular flexibility index (Phi) is 6.84. The maximum absolute atomic E-state index is 12.8. The highest BCUT2D eigenvalue weighted by molar-refractivity contribution is 7.99. The van der Waals surface area contributed by atoms with Crippen molar-refractivity contribution >= 4 is 51.0 Å². The summed E-state index contributed by atoms with van der Waals surface area (Å²) in [5, 5.41) is 0. The zero-order valence-corrected chi connectivity index (χ0v) is 18.6. The number of amides is 1. The van der Waals surface area contributed by atoms with Crippen LogP contribution in [0.2, 0.25) is 0 Å². The summed E-state index contributed by atoms with van der Waals surface area (Å²) in [5.41, 5.74) is 4.28. The summed E-state index contributed by atoms with van der Waals surface area (Å²) >= 11 is 5.18. The number of rotatable bonds is 6. The summed E-state index contributed by atoms with van der Waals surface area (Å²) in [6.45, 7) is 7.21. The number of carbonyl (C=O) groups excluding carboxylic acids is 1. The largest absolute Gasteiger partial charge is 0.315 e. The first-order chi connectivity index (χ1) is 13.0. The van der Waals surface area contributed by atoms with Crippen LogP contribution in [-0.2, 0) is 6.54 Å². The summed E-state index contributed by atoms with van der Waals surface area (Å²) < 4.78 is 3.40. The Balaban J connectivity index is 2.05. The molecule has 1 aromatic heterocycles. The molecular weight excluding hydrogens is 392 g/mol. The quantitative estimate of drug-likeness (QED) is 0.495. The van der Waals surface area contributed by atoms with Crippen LogP contribution in [0, 0.1) is 13.8 Å². The molecule has 1 heterocycles. The number of aromatic nitrogens is 1. The minimum Gasteiger partial charge on any atom is -0.315 e. The molecule has 0 aliphatic carbocycles. The van der Waals surface area contributed by atoms with Gasteiger partial charge in [0.2, 0.25) is 0 Å². The highest BCUT2D eigenvalue weighted by Crippen LogP contribution is 2.24. The normalized spacial score (nSPS) is 12.1. The third kappa shape index (κ3) is 4.68. The van der Waals surface area contributed by atoms with Gasteiger partial charge in [-0.05, 0) is 67.3 Å². The highest BCUT2D eigenvalue weighted by atomic mass is 32.2. The molecule has 0 atom stereocenters. The van der Waals surface area contributed by atoms with E-state index in [4.69, 9.17) is 0 Å². The van der Waals surface area contributed by atoms with Gasteiger partial charge in [-0.2, -0.15) is 16.8 Å². The molecule has 3 rings (SSSR count). The Bertz CT molecular complexity index is 1020. The number of benzene rings is 2. The first kappa shape index (κ1) is 20.2. The summed E-state index contributed by atoms with van der Waals surface area (Å²) in [6, 6.07) is 12.1. The van der Waals surface area contributed by atoms with Gasteiger partial charge in [0.15, 0.2) is 4.80 Å². The zero-order valence-electron chi connectivity index (χ0n) is 16.1. The lowest BCUT2D eigenvalue weighted by atomic mass is 10.1. The second kappa shape index (κ2) is 9.13. The lowest BCUT2D eigenvalue weighted by Crippen LogP contribution is -2.18. The molecule has 0 aliphatic rings. The number of nitrogens with zero attached hydrogens (tertiary/aromatic N) is 2. The van der Waals surface area contributed by atoms with E-state index in [9.17, 15) is 4.79 Å². The van der Waals surface area contributed by atoms with Gasteiger partial charge in [-0.3, -0.25) is 4.79 Å². The van der Waals surface area contributed by atoms with Crippen molar-refractivity contribution in [2.24, 2.45) is 4.99 Å². The summed E-state index contributed by atoms with van der Waals surface area (Å²) in [5.74, 6) is 1.83. The van der Waals surface area contributed by atoms with E-state index < -0.39 is 0 Å². The van der Waals surface area contributed by atoms with E-state index in [1.54, 1.807) is 34.9 Å². The molecule has 3 nitrogen and oxygen atoms in total. The molecular formula is C21H24N2OS3. The molecule has 2 aromatic carbocycles. The molecule has 0 fully saturated rings. The molecule has 0 unspecified atom stereocenters. The van der Waals surface area contributed by atoms with Crippen molar-refractivity contribution in [2.75, 3.05) is 17.8 Å². The van der Waals surface area contributed by atoms with E-state index in [2.05, 4.69) is 48.7 Å². The molecule has 0 N–H and O–H groups in total. The lowest BCUT2D eigenvalue weighted by Gasteiger charge is -2.05. The van der Waals surface area contributed by atoms with Gasteiger partial charge in [0, 0.05) is 22.8 Å². The van der Waals surface area contributed by atoms with Crippen LogP contribution in [-0.4, -0.2) is 28.2 Å². The smallest absolute Gasteiger partial charge is 0.279 e. The van der Waals surface area contributed by atoms with Crippen LogP contribution >= 0.6 is 34.9 Å². The van der Waals surface area contributed by atoms with Crippen molar-refractivity contribution in [3.8, 4) is 0 Å². The standard InChI is InChI=1S/C21H24N2OS3/c1-5-26-17-8-6-16(7-9-17)20(24)22-21-23(10-11-25-4)18-13-14(2)12-15(3)19(18)27-21/h6-9,12-13H,5,10-11H2,1-4H3. The van der Waals surface area contributed by atoms with Crippen LogP contribution in [0.3, 0.4) is 0 Å². The Hall–Kier alpha value is -1.50. The number of carbonyl (C=O) groups is 1. The zero-order chi connectivity index (χ0) is 19.4. The van der Waals surface area contributed by atoms with Crippen molar-refractivity contribution < 1.29 is 4.79 Å². The second-order valence-corrected chi connectivity index (χ2v) is 9.63. The van der Waals surface area contributed by atoms with Gasteiger partial charge in [0.05, 0.1) is 10.2 Å². The first-order valence-corrected chi connectivity index (χ1v) is 12.1. The van der Waals surface area contributed by atoms with Crippen LogP contribution < -0.4 is 4.80 Å². The fourth-order valence-electron chi connectivity index (χ4n) is 3.01. The monoisotopic (exact) mass is 416 g/mol. The maximum Gasteiger partial charge on any atom is 0.279 e. The van der Waals surface area contributed by atoms with Gasteiger partial charge < -0.3 is 4.57 Å². The van der Waals surface area contributed by atoms with Crippen LogP contribution in [0.4, 0.5) is 0 Å². The molecule has 0 saturated heterocycles. The van der Waals surface area contributed by atoms with Crippen LogP contribution in [0.1, 0.15) is 28.4 Å². The minimum absolute atomic E-state index is 0.179. The molecule has 0 bridgehead atoms. The fraction of sp³-hybridized carbons (Fsp3) is 0.333. The highest BCUT2D eigenvalue weighted by Gasteiger charge is 2.11. The molecule has 6 heteroatoms. The minimum atomic E-state index is -0.179. The van der Waals surface area contributed by atoms with Gasteiger partial charge in [-0.15, -0.1) is 11.8 Å².